The zero-order valence-corrected chi connectivity index (χ0v) is 9.32. The number of ether oxygens (including phenoxy) is 1. The molecule has 1 rings (SSSR count). The number of hydrogen-bond acceptors (Lipinski definition) is 4. The molecule has 0 radical (unpaired) electrons. The van der Waals surface area contributed by atoms with Crippen LogP contribution in [0.4, 0.5) is 5.69 Å². The fourth-order valence-corrected chi connectivity index (χ4v) is 1.27. The first-order valence-electron chi connectivity index (χ1n) is 4.15. The van der Waals surface area contributed by atoms with Crippen molar-refractivity contribution in [3.8, 4) is 5.75 Å². The number of rotatable bonds is 4. The Morgan fingerprint density at radius 2 is 2.19 bits per heavy atom. The fraction of sp³-hybridized carbons (Fsp3) is 0.222. The number of carbonyl (C=O) groups is 1. The SMILES string of the molecule is COc1cccc([N+](=O)[O-])c1CC(N)=O.Cl. The molecule has 0 bridgehead atoms. The van der Waals surface area contributed by atoms with E-state index in [1.807, 2.05) is 0 Å². The second kappa shape index (κ2) is 5.92. The van der Waals surface area contributed by atoms with Gasteiger partial charge in [0.1, 0.15) is 5.75 Å². The number of nitrogens with two attached hydrogens (primary N) is 1. The zero-order valence-electron chi connectivity index (χ0n) is 8.50. The first kappa shape index (κ1) is 14.2. The number of primary amides is 1. The summed E-state index contributed by atoms with van der Waals surface area (Å²) in [6, 6.07) is 4.34. The van der Waals surface area contributed by atoms with Gasteiger partial charge in [-0.3, -0.25) is 14.9 Å². The molecule has 0 aliphatic heterocycles. The normalized spacial score (nSPS) is 9.06. The van der Waals surface area contributed by atoms with E-state index < -0.39 is 10.8 Å². The van der Waals surface area contributed by atoms with Crippen molar-refractivity contribution in [2.24, 2.45) is 5.73 Å². The van der Waals surface area contributed by atoms with Crippen LogP contribution in [0.5, 0.6) is 5.75 Å². The zero-order chi connectivity index (χ0) is 11.4. The number of nitro groups is 1. The Hall–Kier alpha value is -1.82. The van der Waals surface area contributed by atoms with Gasteiger partial charge < -0.3 is 10.5 Å². The topological polar surface area (TPSA) is 95.5 Å². The van der Waals surface area contributed by atoms with Gasteiger partial charge in [0, 0.05) is 6.07 Å². The smallest absolute Gasteiger partial charge is 0.276 e. The van der Waals surface area contributed by atoms with E-state index >= 15 is 0 Å². The van der Waals surface area contributed by atoms with E-state index in [-0.39, 0.29) is 30.1 Å². The summed E-state index contributed by atoms with van der Waals surface area (Å²) in [7, 11) is 1.38. The van der Waals surface area contributed by atoms with Crippen LogP contribution >= 0.6 is 12.4 Å². The molecular weight excluding hydrogens is 236 g/mol. The monoisotopic (exact) mass is 246 g/mol. The maximum atomic E-state index is 10.8. The van der Waals surface area contributed by atoms with Gasteiger partial charge in [-0.05, 0) is 6.07 Å². The van der Waals surface area contributed by atoms with Crippen LogP contribution in [-0.4, -0.2) is 17.9 Å². The standard InChI is InChI=1S/C9H10N2O4.ClH/c1-15-8-4-2-3-7(11(13)14)6(8)5-9(10)12;/h2-4H,5H2,1H3,(H2,10,12);1H. The molecule has 0 atom stereocenters. The molecule has 0 aliphatic rings. The predicted octanol–water partition coefficient (Wildman–Crippen LogP) is 1.05. The highest BCUT2D eigenvalue weighted by Crippen LogP contribution is 2.28. The van der Waals surface area contributed by atoms with Gasteiger partial charge in [-0.1, -0.05) is 6.07 Å². The maximum absolute atomic E-state index is 10.8. The van der Waals surface area contributed by atoms with Gasteiger partial charge in [0.05, 0.1) is 24.0 Å². The van der Waals surface area contributed by atoms with Crippen LogP contribution in [0.2, 0.25) is 0 Å². The number of nitro benzene ring substituents is 1. The van der Waals surface area contributed by atoms with Crippen molar-refractivity contribution in [2.75, 3.05) is 7.11 Å². The average molecular weight is 247 g/mol. The van der Waals surface area contributed by atoms with Crippen molar-refractivity contribution in [1.29, 1.82) is 0 Å². The minimum atomic E-state index is -0.636. The van der Waals surface area contributed by atoms with Crippen LogP contribution in [0.3, 0.4) is 0 Å². The van der Waals surface area contributed by atoms with Crippen LogP contribution in [0, 0.1) is 10.1 Å². The van der Waals surface area contributed by atoms with Crippen LogP contribution in [-0.2, 0) is 11.2 Å². The number of benzene rings is 1. The summed E-state index contributed by atoms with van der Waals surface area (Å²) in [5, 5.41) is 10.7. The number of amides is 1. The number of halogens is 1. The van der Waals surface area contributed by atoms with Crippen molar-refractivity contribution in [3.63, 3.8) is 0 Å². The molecule has 7 heteroatoms. The van der Waals surface area contributed by atoms with Gasteiger partial charge in [0.15, 0.2) is 0 Å². The lowest BCUT2D eigenvalue weighted by Gasteiger charge is -2.06. The van der Waals surface area contributed by atoms with Gasteiger partial charge >= 0.3 is 0 Å². The molecule has 0 aliphatic carbocycles. The Bertz CT molecular complexity index is 408. The lowest BCUT2D eigenvalue weighted by molar-refractivity contribution is -0.385. The molecule has 0 unspecified atom stereocenters. The second-order valence-corrected chi connectivity index (χ2v) is 2.86. The van der Waals surface area contributed by atoms with Crippen LogP contribution in [0.1, 0.15) is 5.56 Å². The molecular formula is C9H11ClN2O4. The fourth-order valence-electron chi connectivity index (χ4n) is 1.27. The third-order valence-electron chi connectivity index (χ3n) is 1.88. The van der Waals surface area contributed by atoms with Gasteiger partial charge in [-0.2, -0.15) is 0 Å². The highest BCUT2D eigenvalue weighted by Gasteiger charge is 2.19. The van der Waals surface area contributed by atoms with Gasteiger partial charge in [-0.15, -0.1) is 12.4 Å². The lowest BCUT2D eigenvalue weighted by Crippen LogP contribution is -2.15. The summed E-state index contributed by atoms with van der Waals surface area (Å²) in [6.45, 7) is 0. The number of hydrogen-bond donors (Lipinski definition) is 1. The molecule has 16 heavy (non-hydrogen) atoms. The average Bonchev–Trinajstić information content (AvgIpc) is 2.16. The Morgan fingerprint density at radius 1 is 1.56 bits per heavy atom. The van der Waals surface area contributed by atoms with Crippen molar-refractivity contribution in [2.45, 2.75) is 6.42 Å². The molecule has 1 aromatic rings. The highest BCUT2D eigenvalue weighted by molar-refractivity contribution is 5.85. The second-order valence-electron chi connectivity index (χ2n) is 2.86. The molecule has 1 amide bonds. The summed E-state index contributed by atoms with van der Waals surface area (Å²) in [5.41, 5.74) is 5.05. The van der Waals surface area contributed by atoms with Gasteiger partial charge in [-0.25, -0.2) is 0 Å². The molecule has 0 aromatic heterocycles. The molecule has 1 aromatic carbocycles. The van der Waals surface area contributed by atoms with E-state index in [2.05, 4.69) is 0 Å². The molecule has 0 spiro atoms. The van der Waals surface area contributed by atoms with Crippen molar-refractivity contribution in [1.82, 2.24) is 0 Å². The number of carbonyl (C=O) groups excluding carboxylic acids is 1. The Kier molecular flexibility index (Phi) is 5.24. The molecule has 2 N–H and O–H groups in total. The molecule has 0 saturated heterocycles. The highest BCUT2D eigenvalue weighted by atomic mass is 35.5. The van der Waals surface area contributed by atoms with Crippen LogP contribution in [0.25, 0.3) is 0 Å². The Labute approximate surface area is 97.9 Å². The summed E-state index contributed by atoms with van der Waals surface area (Å²) in [6.07, 6.45) is -0.208. The quantitative estimate of drug-likeness (QED) is 0.634. The minimum Gasteiger partial charge on any atom is -0.496 e. The molecule has 88 valence electrons. The molecule has 0 heterocycles. The van der Waals surface area contributed by atoms with Crippen molar-refractivity contribution in [3.05, 3.63) is 33.9 Å². The largest absolute Gasteiger partial charge is 0.496 e. The summed E-state index contributed by atoms with van der Waals surface area (Å²) in [5.74, 6) is -0.342. The summed E-state index contributed by atoms with van der Waals surface area (Å²) in [4.78, 5) is 20.9. The van der Waals surface area contributed by atoms with E-state index in [4.69, 9.17) is 10.5 Å². The first-order chi connectivity index (χ1) is 7.06. The number of nitrogens with zero attached hydrogens (tertiary/aromatic N) is 1. The van der Waals surface area contributed by atoms with E-state index in [9.17, 15) is 14.9 Å². The lowest BCUT2D eigenvalue weighted by atomic mass is 10.1. The van der Waals surface area contributed by atoms with Crippen molar-refractivity contribution >= 4 is 24.0 Å². The van der Waals surface area contributed by atoms with Crippen molar-refractivity contribution < 1.29 is 14.5 Å². The Morgan fingerprint density at radius 3 is 2.62 bits per heavy atom. The maximum Gasteiger partial charge on any atom is 0.276 e. The van der Waals surface area contributed by atoms with E-state index in [1.54, 1.807) is 6.07 Å². The third kappa shape index (κ3) is 3.09. The van der Waals surface area contributed by atoms with E-state index in [1.165, 1.54) is 19.2 Å². The first-order valence-corrected chi connectivity index (χ1v) is 4.15. The third-order valence-corrected chi connectivity index (χ3v) is 1.88. The predicted molar refractivity (Wildman–Crippen MR) is 59.8 cm³/mol. The minimum absolute atomic E-state index is 0. The summed E-state index contributed by atoms with van der Waals surface area (Å²) >= 11 is 0. The van der Waals surface area contributed by atoms with Gasteiger partial charge in [0.2, 0.25) is 5.91 Å². The van der Waals surface area contributed by atoms with Crippen LogP contribution < -0.4 is 10.5 Å². The van der Waals surface area contributed by atoms with Crippen LogP contribution in [0.15, 0.2) is 18.2 Å². The molecule has 0 saturated carbocycles. The Balaban J connectivity index is 0.00000225. The number of methoxy groups -OCH3 is 1. The van der Waals surface area contributed by atoms with E-state index in [0.29, 0.717) is 5.75 Å². The van der Waals surface area contributed by atoms with Gasteiger partial charge in [0.25, 0.3) is 5.69 Å². The van der Waals surface area contributed by atoms with E-state index in [0.717, 1.165) is 0 Å². The molecule has 6 nitrogen and oxygen atoms in total. The summed E-state index contributed by atoms with van der Waals surface area (Å²) < 4.78 is 4.92. The molecule has 0 fully saturated rings.